The van der Waals surface area contributed by atoms with Gasteiger partial charge in [0, 0.05) is 0 Å². The molecule has 0 saturated carbocycles. The Bertz CT molecular complexity index is 354. The van der Waals surface area contributed by atoms with Crippen LogP contribution in [0.2, 0.25) is 0 Å². The molecule has 0 atom stereocenters. The molecule has 1 heterocycles. The molecule has 0 radical (unpaired) electrons. The van der Waals surface area contributed by atoms with Gasteiger partial charge in [-0.15, -0.1) is 0 Å². The number of rotatable bonds is 1. The third kappa shape index (κ3) is 1.75. The lowest BCUT2D eigenvalue weighted by molar-refractivity contribution is 0.297. The maximum absolute atomic E-state index is 12.6. The van der Waals surface area contributed by atoms with Gasteiger partial charge in [0.25, 0.3) is 0 Å². The van der Waals surface area contributed by atoms with Crippen LogP contribution in [0.3, 0.4) is 0 Å². The molecule has 2 rings (SSSR count). The Balaban J connectivity index is 2.30. The van der Waals surface area contributed by atoms with Crippen molar-refractivity contribution in [3.8, 4) is 0 Å². The first kappa shape index (κ1) is 7.98. The van der Waals surface area contributed by atoms with Crippen molar-refractivity contribution >= 4 is 5.71 Å². The quantitative estimate of drug-likeness (QED) is 0.643. The molecule has 1 aliphatic heterocycles. The molecule has 2 nitrogen and oxygen atoms in total. The number of halogens is 1. The smallest absolute Gasteiger partial charge is 0.130 e. The molecule has 13 heavy (non-hydrogen) atoms. The number of benzene rings is 1. The molecule has 1 aromatic carbocycles. The zero-order chi connectivity index (χ0) is 9.10. The number of hydrogen-bond donors (Lipinski definition) is 0. The van der Waals surface area contributed by atoms with E-state index in [2.05, 4.69) is 4.99 Å². The molecular formula is C10H8FNO. The number of nitrogens with zero attached hydrogens (tertiary/aromatic N) is 1. The zero-order valence-corrected chi connectivity index (χ0v) is 6.90. The highest BCUT2D eigenvalue weighted by Gasteiger charge is 2.05. The molecule has 0 saturated heterocycles. The van der Waals surface area contributed by atoms with Crippen LogP contribution in [0.1, 0.15) is 5.56 Å². The van der Waals surface area contributed by atoms with Gasteiger partial charge in [0.05, 0.1) is 11.9 Å². The first-order chi connectivity index (χ1) is 6.36. The highest BCUT2D eigenvalue weighted by atomic mass is 19.1. The van der Waals surface area contributed by atoms with Gasteiger partial charge in [0.1, 0.15) is 18.7 Å². The van der Waals surface area contributed by atoms with Crippen LogP contribution in [0.15, 0.2) is 41.7 Å². The van der Waals surface area contributed by atoms with E-state index in [0.717, 1.165) is 11.3 Å². The van der Waals surface area contributed by atoms with Gasteiger partial charge in [0.15, 0.2) is 0 Å². The average molecular weight is 177 g/mol. The molecule has 0 aromatic heterocycles. The van der Waals surface area contributed by atoms with Gasteiger partial charge >= 0.3 is 0 Å². The second kappa shape index (κ2) is 3.39. The third-order valence-corrected chi connectivity index (χ3v) is 1.78. The summed E-state index contributed by atoms with van der Waals surface area (Å²) in [5.41, 5.74) is 1.72. The lowest BCUT2D eigenvalue weighted by Crippen LogP contribution is -2.10. The van der Waals surface area contributed by atoms with Crippen LogP contribution >= 0.6 is 0 Å². The van der Waals surface area contributed by atoms with E-state index in [0.29, 0.717) is 6.61 Å². The van der Waals surface area contributed by atoms with Gasteiger partial charge in [-0.25, -0.2) is 4.39 Å². The predicted octanol–water partition coefficient (Wildman–Crippen LogP) is 2.12. The van der Waals surface area contributed by atoms with E-state index in [1.807, 2.05) is 0 Å². The Hall–Kier alpha value is -1.64. The van der Waals surface area contributed by atoms with Crippen molar-refractivity contribution in [2.75, 3.05) is 6.61 Å². The van der Waals surface area contributed by atoms with E-state index in [1.54, 1.807) is 18.3 Å². The van der Waals surface area contributed by atoms with E-state index < -0.39 is 0 Å². The van der Waals surface area contributed by atoms with Crippen LogP contribution in [0, 0.1) is 5.82 Å². The van der Waals surface area contributed by atoms with Crippen molar-refractivity contribution in [2.45, 2.75) is 0 Å². The molecule has 0 bridgehead atoms. The monoisotopic (exact) mass is 177 g/mol. The first-order valence-electron chi connectivity index (χ1n) is 3.95. The Morgan fingerprint density at radius 1 is 1.23 bits per heavy atom. The first-order valence-corrected chi connectivity index (χ1v) is 3.95. The largest absolute Gasteiger partial charge is 0.493 e. The maximum atomic E-state index is 12.6. The minimum Gasteiger partial charge on any atom is -0.493 e. The second-order valence-corrected chi connectivity index (χ2v) is 2.68. The SMILES string of the molecule is Fc1ccc(C2=NC=COC2)cc1. The predicted molar refractivity (Wildman–Crippen MR) is 48.0 cm³/mol. The third-order valence-electron chi connectivity index (χ3n) is 1.78. The van der Waals surface area contributed by atoms with Crippen LogP contribution < -0.4 is 0 Å². The average Bonchev–Trinajstić information content (AvgIpc) is 2.20. The highest BCUT2D eigenvalue weighted by Crippen LogP contribution is 2.07. The van der Waals surface area contributed by atoms with Crippen molar-refractivity contribution in [3.05, 3.63) is 48.1 Å². The normalized spacial score (nSPS) is 15.0. The number of ether oxygens (including phenoxy) is 1. The summed E-state index contributed by atoms with van der Waals surface area (Å²) in [6.45, 7) is 0.447. The molecule has 66 valence electrons. The minimum atomic E-state index is -0.239. The van der Waals surface area contributed by atoms with Gasteiger partial charge in [-0.2, -0.15) is 0 Å². The van der Waals surface area contributed by atoms with E-state index in [4.69, 9.17) is 4.74 Å². The van der Waals surface area contributed by atoms with Crippen molar-refractivity contribution in [3.63, 3.8) is 0 Å². The van der Waals surface area contributed by atoms with E-state index >= 15 is 0 Å². The van der Waals surface area contributed by atoms with Gasteiger partial charge in [-0.1, -0.05) is 12.1 Å². The van der Waals surface area contributed by atoms with E-state index in [1.165, 1.54) is 18.4 Å². The molecule has 0 amide bonds. The molecule has 3 heteroatoms. The summed E-state index contributed by atoms with van der Waals surface area (Å²) in [6.07, 6.45) is 3.12. The fraction of sp³-hybridized carbons (Fsp3) is 0.100. The summed E-state index contributed by atoms with van der Waals surface area (Å²) in [5, 5.41) is 0. The summed E-state index contributed by atoms with van der Waals surface area (Å²) in [4.78, 5) is 4.12. The summed E-state index contributed by atoms with van der Waals surface area (Å²) in [7, 11) is 0. The lowest BCUT2D eigenvalue weighted by atomic mass is 10.1. The van der Waals surface area contributed by atoms with Crippen LogP contribution in [0.5, 0.6) is 0 Å². The second-order valence-electron chi connectivity index (χ2n) is 2.68. The molecular weight excluding hydrogens is 169 g/mol. The molecule has 0 aliphatic carbocycles. The fourth-order valence-corrected chi connectivity index (χ4v) is 1.13. The molecule has 1 aliphatic rings. The standard InChI is InChI=1S/C10H8FNO/c11-9-3-1-8(2-4-9)10-7-13-6-5-12-10/h1-6H,7H2. The van der Waals surface area contributed by atoms with Crippen LogP contribution in [-0.4, -0.2) is 12.3 Å². The Kier molecular flexibility index (Phi) is 2.08. The molecule has 1 aromatic rings. The molecule has 0 spiro atoms. The Labute approximate surface area is 75.4 Å². The van der Waals surface area contributed by atoms with Crippen molar-refractivity contribution in [1.29, 1.82) is 0 Å². The zero-order valence-electron chi connectivity index (χ0n) is 6.90. The fourth-order valence-electron chi connectivity index (χ4n) is 1.13. The Morgan fingerprint density at radius 3 is 2.62 bits per heavy atom. The van der Waals surface area contributed by atoms with Gasteiger partial charge in [0.2, 0.25) is 0 Å². The summed E-state index contributed by atoms with van der Waals surface area (Å²) in [6, 6.07) is 6.21. The molecule has 0 N–H and O–H groups in total. The highest BCUT2D eigenvalue weighted by molar-refractivity contribution is 6.02. The van der Waals surface area contributed by atoms with Crippen LogP contribution in [0.25, 0.3) is 0 Å². The van der Waals surface area contributed by atoms with Gasteiger partial charge in [-0.3, -0.25) is 4.99 Å². The van der Waals surface area contributed by atoms with E-state index in [-0.39, 0.29) is 5.82 Å². The summed E-state index contributed by atoms with van der Waals surface area (Å²) >= 11 is 0. The lowest BCUT2D eigenvalue weighted by Gasteiger charge is -2.08. The van der Waals surface area contributed by atoms with Crippen molar-refractivity contribution < 1.29 is 9.13 Å². The van der Waals surface area contributed by atoms with Crippen LogP contribution in [0.4, 0.5) is 4.39 Å². The minimum absolute atomic E-state index is 0.239. The molecule has 0 fully saturated rings. The topological polar surface area (TPSA) is 21.6 Å². The maximum Gasteiger partial charge on any atom is 0.130 e. The van der Waals surface area contributed by atoms with Crippen LogP contribution in [-0.2, 0) is 4.74 Å². The number of hydrogen-bond acceptors (Lipinski definition) is 2. The van der Waals surface area contributed by atoms with Gasteiger partial charge < -0.3 is 4.74 Å². The van der Waals surface area contributed by atoms with Gasteiger partial charge in [-0.05, 0) is 17.7 Å². The number of aliphatic imine (C=N–C) groups is 1. The summed E-state index contributed by atoms with van der Waals surface area (Å²) < 4.78 is 17.6. The van der Waals surface area contributed by atoms with Crippen molar-refractivity contribution in [1.82, 2.24) is 0 Å². The molecule has 0 unspecified atom stereocenters. The van der Waals surface area contributed by atoms with E-state index in [9.17, 15) is 4.39 Å². The summed E-state index contributed by atoms with van der Waals surface area (Å²) in [5.74, 6) is -0.239. The Morgan fingerprint density at radius 2 is 2.00 bits per heavy atom. The van der Waals surface area contributed by atoms with Crippen molar-refractivity contribution in [2.24, 2.45) is 4.99 Å².